The van der Waals surface area contributed by atoms with Gasteiger partial charge in [0.05, 0.1) is 22.2 Å². The van der Waals surface area contributed by atoms with Crippen molar-refractivity contribution in [1.29, 1.82) is 0 Å². The van der Waals surface area contributed by atoms with Crippen molar-refractivity contribution in [1.82, 2.24) is 9.71 Å². The molecule has 0 aliphatic rings. The van der Waals surface area contributed by atoms with Gasteiger partial charge in [0.25, 0.3) is 0 Å². The predicted octanol–water partition coefficient (Wildman–Crippen LogP) is 1.46. The molecule has 1 aromatic carbocycles. The molecule has 0 spiro atoms. The van der Waals surface area contributed by atoms with Crippen molar-refractivity contribution in [2.24, 2.45) is 0 Å². The van der Waals surface area contributed by atoms with Crippen LogP contribution in [0.4, 0.5) is 0 Å². The lowest BCUT2D eigenvalue weighted by atomic mass is 10.2. The summed E-state index contributed by atoms with van der Waals surface area (Å²) in [6.45, 7) is 2.04. The second kappa shape index (κ2) is 6.45. The van der Waals surface area contributed by atoms with Crippen LogP contribution < -0.4 is 4.72 Å². The van der Waals surface area contributed by atoms with Crippen LogP contribution in [0, 0.1) is 6.92 Å². The number of aliphatic hydroxyl groups excluding tert-OH is 1. The zero-order chi connectivity index (χ0) is 14.6. The average Bonchev–Trinajstić information content (AvgIpc) is 2.84. The zero-order valence-corrected chi connectivity index (χ0v) is 12.7. The number of rotatable bonds is 6. The topological polar surface area (TPSA) is 79.3 Å². The summed E-state index contributed by atoms with van der Waals surface area (Å²) < 4.78 is 26.7. The molecule has 0 saturated carbocycles. The van der Waals surface area contributed by atoms with Gasteiger partial charge in [-0.2, -0.15) is 0 Å². The highest BCUT2D eigenvalue weighted by molar-refractivity contribution is 7.89. The summed E-state index contributed by atoms with van der Waals surface area (Å²) in [6, 6.07) is 6.27. The maximum Gasteiger partial charge on any atom is 0.240 e. The summed E-state index contributed by atoms with van der Waals surface area (Å²) >= 11 is 1.55. The van der Waals surface area contributed by atoms with Crippen molar-refractivity contribution >= 4 is 21.4 Å². The maximum absolute atomic E-state index is 12.1. The van der Waals surface area contributed by atoms with Crippen LogP contribution in [0.3, 0.4) is 0 Å². The van der Waals surface area contributed by atoms with E-state index < -0.39 is 10.0 Å². The highest BCUT2D eigenvalue weighted by Crippen LogP contribution is 2.12. The largest absolute Gasteiger partial charge is 0.392 e. The third kappa shape index (κ3) is 3.86. The van der Waals surface area contributed by atoms with Gasteiger partial charge in [0.1, 0.15) is 0 Å². The molecule has 20 heavy (non-hydrogen) atoms. The van der Waals surface area contributed by atoms with Crippen molar-refractivity contribution in [2.75, 3.05) is 6.54 Å². The Bertz CT molecular complexity index is 680. The summed E-state index contributed by atoms with van der Waals surface area (Å²) in [5.41, 5.74) is 1.46. The van der Waals surface area contributed by atoms with E-state index in [1.165, 1.54) is 12.1 Å². The van der Waals surface area contributed by atoms with Crippen LogP contribution in [-0.2, 0) is 23.1 Å². The Morgan fingerprint density at radius 3 is 2.85 bits per heavy atom. The first-order valence-electron chi connectivity index (χ1n) is 6.12. The first-order chi connectivity index (χ1) is 9.51. The molecule has 0 fully saturated rings. The van der Waals surface area contributed by atoms with Crippen molar-refractivity contribution in [3.63, 3.8) is 0 Å². The van der Waals surface area contributed by atoms with Gasteiger partial charge in [-0.1, -0.05) is 12.1 Å². The predicted molar refractivity (Wildman–Crippen MR) is 78.1 cm³/mol. The van der Waals surface area contributed by atoms with Gasteiger partial charge in [-0.05, 0) is 24.6 Å². The van der Waals surface area contributed by atoms with E-state index >= 15 is 0 Å². The van der Waals surface area contributed by atoms with Gasteiger partial charge in [-0.3, -0.25) is 0 Å². The van der Waals surface area contributed by atoms with Crippen LogP contribution in [-0.4, -0.2) is 25.1 Å². The molecule has 0 aliphatic heterocycles. The first kappa shape index (κ1) is 15.1. The van der Waals surface area contributed by atoms with E-state index in [0.29, 0.717) is 18.5 Å². The number of nitrogens with zero attached hydrogens (tertiary/aromatic N) is 1. The number of sulfonamides is 1. The van der Waals surface area contributed by atoms with Crippen LogP contribution in [0.25, 0.3) is 0 Å². The summed E-state index contributed by atoms with van der Waals surface area (Å²) in [6.07, 6.45) is 0.559. The third-order valence-corrected chi connectivity index (χ3v) is 5.01. The van der Waals surface area contributed by atoms with Crippen LogP contribution in [0.2, 0.25) is 0 Å². The van der Waals surface area contributed by atoms with Gasteiger partial charge in [0.15, 0.2) is 0 Å². The molecule has 7 heteroatoms. The molecular formula is C13H16N2O3S2. The fourth-order valence-corrected chi connectivity index (χ4v) is 3.48. The molecule has 0 amide bonds. The number of benzene rings is 1. The SMILES string of the molecule is Cc1nc(CCNS(=O)(=O)c2cccc(CO)c2)cs1. The van der Waals surface area contributed by atoms with Gasteiger partial charge in [-0.15, -0.1) is 11.3 Å². The van der Waals surface area contributed by atoms with E-state index in [1.807, 2.05) is 12.3 Å². The summed E-state index contributed by atoms with van der Waals surface area (Å²) in [5.74, 6) is 0. The third-order valence-electron chi connectivity index (χ3n) is 2.73. The lowest BCUT2D eigenvalue weighted by molar-refractivity contribution is 0.281. The van der Waals surface area contributed by atoms with Crippen molar-refractivity contribution in [3.05, 3.63) is 45.9 Å². The van der Waals surface area contributed by atoms with E-state index in [9.17, 15) is 8.42 Å². The van der Waals surface area contributed by atoms with Crippen LogP contribution in [0.5, 0.6) is 0 Å². The lowest BCUT2D eigenvalue weighted by Gasteiger charge is -2.07. The molecular weight excluding hydrogens is 296 g/mol. The molecule has 5 nitrogen and oxygen atoms in total. The molecule has 2 rings (SSSR count). The number of aromatic nitrogens is 1. The average molecular weight is 312 g/mol. The van der Waals surface area contributed by atoms with Crippen LogP contribution in [0.1, 0.15) is 16.3 Å². The quantitative estimate of drug-likeness (QED) is 0.846. The monoisotopic (exact) mass is 312 g/mol. The number of aryl methyl sites for hydroxylation is 1. The summed E-state index contributed by atoms with van der Waals surface area (Å²) in [5, 5.41) is 11.9. The molecule has 0 aliphatic carbocycles. The number of nitrogens with one attached hydrogen (secondary N) is 1. The molecule has 2 N–H and O–H groups in total. The molecule has 0 atom stereocenters. The Morgan fingerprint density at radius 1 is 1.40 bits per heavy atom. The van der Waals surface area contributed by atoms with E-state index in [2.05, 4.69) is 9.71 Å². The minimum atomic E-state index is -3.54. The van der Waals surface area contributed by atoms with Crippen molar-refractivity contribution in [2.45, 2.75) is 24.8 Å². The molecule has 2 aromatic rings. The second-order valence-electron chi connectivity index (χ2n) is 4.31. The number of aliphatic hydroxyl groups is 1. The Balaban J connectivity index is 2.00. The van der Waals surface area contributed by atoms with Crippen molar-refractivity contribution in [3.8, 4) is 0 Å². The van der Waals surface area contributed by atoms with Gasteiger partial charge in [-0.25, -0.2) is 18.1 Å². The highest BCUT2D eigenvalue weighted by atomic mass is 32.2. The molecule has 1 aromatic heterocycles. The first-order valence-corrected chi connectivity index (χ1v) is 8.48. The molecule has 0 bridgehead atoms. The lowest BCUT2D eigenvalue weighted by Crippen LogP contribution is -2.26. The van der Waals surface area contributed by atoms with E-state index in [-0.39, 0.29) is 11.5 Å². The molecule has 0 unspecified atom stereocenters. The normalized spacial score (nSPS) is 11.7. The fraction of sp³-hybridized carbons (Fsp3) is 0.308. The summed E-state index contributed by atoms with van der Waals surface area (Å²) in [4.78, 5) is 4.45. The second-order valence-corrected chi connectivity index (χ2v) is 7.14. The van der Waals surface area contributed by atoms with E-state index in [1.54, 1.807) is 23.5 Å². The van der Waals surface area contributed by atoms with E-state index in [0.717, 1.165) is 10.7 Å². The zero-order valence-electron chi connectivity index (χ0n) is 11.0. The Morgan fingerprint density at radius 2 is 2.20 bits per heavy atom. The number of hydrogen-bond acceptors (Lipinski definition) is 5. The Kier molecular flexibility index (Phi) is 4.87. The smallest absolute Gasteiger partial charge is 0.240 e. The van der Waals surface area contributed by atoms with Crippen LogP contribution >= 0.6 is 11.3 Å². The summed E-state index contributed by atoms with van der Waals surface area (Å²) in [7, 11) is -3.54. The van der Waals surface area contributed by atoms with Crippen molar-refractivity contribution < 1.29 is 13.5 Å². The molecule has 108 valence electrons. The van der Waals surface area contributed by atoms with Crippen LogP contribution in [0.15, 0.2) is 34.5 Å². The highest BCUT2D eigenvalue weighted by Gasteiger charge is 2.13. The Labute approximate surface area is 122 Å². The van der Waals surface area contributed by atoms with Gasteiger partial charge < -0.3 is 5.11 Å². The van der Waals surface area contributed by atoms with Gasteiger partial charge >= 0.3 is 0 Å². The van der Waals surface area contributed by atoms with Gasteiger partial charge in [0.2, 0.25) is 10.0 Å². The fourth-order valence-electron chi connectivity index (χ4n) is 1.73. The maximum atomic E-state index is 12.1. The standard InChI is InChI=1S/C13H16N2O3S2/c1-10-15-12(9-19-10)5-6-14-20(17,18)13-4-2-3-11(7-13)8-16/h2-4,7,9,14,16H,5-6,8H2,1H3. The van der Waals surface area contributed by atoms with E-state index in [4.69, 9.17) is 5.11 Å². The minimum Gasteiger partial charge on any atom is -0.392 e. The molecule has 1 heterocycles. The number of hydrogen-bond donors (Lipinski definition) is 2. The van der Waals surface area contributed by atoms with Gasteiger partial charge in [0, 0.05) is 18.3 Å². The molecule has 0 radical (unpaired) electrons. The molecule has 0 saturated heterocycles. The minimum absolute atomic E-state index is 0.165. The Hall–Kier alpha value is -1.28. The number of thiazole rings is 1.